The van der Waals surface area contributed by atoms with E-state index >= 15 is 0 Å². The predicted octanol–water partition coefficient (Wildman–Crippen LogP) is 6.30. The Balaban J connectivity index is 1.61. The van der Waals surface area contributed by atoms with Crippen molar-refractivity contribution in [1.29, 1.82) is 0 Å². The van der Waals surface area contributed by atoms with Crippen molar-refractivity contribution in [3.05, 3.63) is 34.8 Å². The number of amides is 1. The molecule has 250 valence electrons. The molecule has 1 amide bonds. The topological polar surface area (TPSA) is 96.9 Å². The van der Waals surface area contributed by atoms with E-state index in [1.54, 1.807) is 39.0 Å². The van der Waals surface area contributed by atoms with Gasteiger partial charge >= 0.3 is 12.3 Å². The molecule has 1 saturated heterocycles. The standard InChI is InChI=1S/C31H38F4N5O4PS/c1-30(2,3)40(24-17-36-28(45(6,7)42)38-27(24)43-5)29(41)44-15-9-12-25-20(16-31(33,34)35)19-10-8-11-23(26(19)46-25)37-22-13-14-39(4)18-21(22)32/h8,10-11,17,21-22,37H,13-16,18H2,1-7H3/t21-,22+/m0/s1. The molecule has 2 atom stereocenters. The van der Waals surface area contributed by atoms with Crippen LogP contribution in [0.5, 0.6) is 5.88 Å². The summed E-state index contributed by atoms with van der Waals surface area (Å²) in [4.78, 5) is 25.1. The van der Waals surface area contributed by atoms with E-state index in [2.05, 4.69) is 27.1 Å². The molecule has 0 spiro atoms. The number of likely N-dealkylation sites (tertiary alicyclic amines) is 1. The normalized spacial score (nSPS) is 17.7. The number of piperidine rings is 1. The van der Waals surface area contributed by atoms with Crippen LogP contribution in [0.15, 0.2) is 24.4 Å². The maximum Gasteiger partial charge on any atom is 0.415 e. The molecule has 2 aromatic heterocycles. The number of hydrogen-bond acceptors (Lipinski definition) is 9. The SMILES string of the molecule is COc1nc(P(C)(C)=O)ncc1N(C(=O)OCC#Cc1sc2c(N[C@@H]3CCN(C)C[C@@H]3F)cccc2c1CC(F)(F)F)C(C)(C)C. The van der Waals surface area contributed by atoms with Crippen molar-refractivity contribution in [2.75, 3.05) is 57.4 Å². The molecular formula is C31H38F4N5O4PS. The summed E-state index contributed by atoms with van der Waals surface area (Å²) in [5.74, 6) is 5.49. The first-order valence-corrected chi connectivity index (χ1v) is 17.9. The van der Waals surface area contributed by atoms with Crippen molar-refractivity contribution >= 4 is 51.6 Å². The second-order valence-electron chi connectivity index (χ2n) is 12.5. The molecule has 0 radical (unpaired) electrons. The predicted molar refractivity (Wildman–Crippen MR) is 174 cm³/mol. The van der Waals surface area contributed by atoms with E-state index in [-0.39, 0.29) is 34.1 Å². The summed E-state index contributed by atoms with van der Waals surface area (Å²) < 4.78 is 79.6. The lowest BCUT2D eigenvalue weighted by Crippen LogP contribution is -2.46. The van der Waals surface area contributed by atoms with E-state index in [0.717, 1.165) is 11.3 Å². The second kappa shape index (κ2) is 13.8. The Morgan fingerprint density at radius 2 is 1.98 bits per heavy atom. The maximum absolute atomic E-state index is 14.8. The van der Waals surface area contributed by atoms with Crippen LogP contribution in [0.1, 0.15) is 37.6 Å². The van der Waals surface area contributed by atoms with Crippen LogP contribution in [0.2, 0.25) is 0 Å². The Kier molecular flexibility index (Phi) is 10.6. The highest BCUT2D eigenvalue weighted by Crippen LogP contribution is 2.40. The van der Waals surface area contributed by atoms with E-state index < -0.39 is 50.2 Å². The number of carbonyl (C=O) groups excluding carboxylic acids is 1. The summed E-state index contributed by atoms with van der Waals surface area (Å²) in [5.41, 5.74) is -0.00674. The lowest BCUT2D eigenvalue weighted by Gasteiger charge is -2.34. The zero-order chi connectivity index (χ0) is 34.0. The third kappa shape index (κ3) is 8.49. The molecule has 1 aliphatic heterocycles. The molecule has 15 heteroatoms. The molecule has 1 aromatic carbocycles. The van der Waals surface area contributed by atoms with Crippen molar-refractivity contribution in [2.24, 2.45) is 0 Å². The van der Waals surface area contributed by atoms with Crippen LogP contribution in [0.4, 0.5) is 33.7 Å². The lowest BCUT2D eigenvalue weighted by atomic mass is 10.0. The van der Waals surface area contributed by atoms with Gasteiger partial charge in [0, 0.05) is 18.6 Å². The number of ether oxygens (including phenoxy) is 2. The number of aromatic nitrogens is 2. The molecular weight excluding hydrogens is 645 g/mol. The molecule has 3 heterocycles. The van der Waals surface area contributed by atoms with Crippen molar-refractivity contribution in [3.8, 4) is 17.7 Å². The van der Waals surface area contributed by atoms with Gasteiger partial charge in [0.2, 0.25) is 5.88 Å². The quantitative estimate of drug-likeness (QED) is 0.176. The summed E-state index contributed by atoms with van der Waals surface area (Å²) in [6.07, 6.45) is -5.75. The van der Waals surface area contributed by atoms with Gasteiger partial charge in [-0.1, -0.05) is 24.0 Å². The van der Waals surface area contributed by atoms with Gasteiger partial charge in [0.15, 0.2) is 12.2 Å². The van der Waals surface area contributed by atoms with Gasteiger partial charge < -0.3 is 24.3 Å². The van der Waals surface area contributed by atoms with Crippen LogP contribution < -0.4 is 20.5 Å². The van der Waals surface area contributed by atoms with Gasteiger partial charge in [0.05, 0.1) is 41.0 Å². The van der Waals surface area contributed by atoms with Crippen LogP contribution in [0, 0.1) is 11.8 Å². The maximum atomic E-state index is 14.8. The zero-order valence-electron chi connectivity index (χ0n) is 26.8. The van der Waals surface area contributed by atoms with Crippen LogP contribution in [0.3, 0.4) is 0 Å². The average Bonchev–Trinajstić information content (AvgIpc) is 3.28. The van der Waals surface area contributed by atoms with Crippen LogP contribution >= 0.6 is 18.5 Å². The molecule has 1 fully saturated rings. The highest BCUT2D eigenvalue weighted by molar-refractivity contribution is 7.69. The number of alkyl halides is 4. The molecule has 9 nitrogen and oxygen atoms in total. The number of thiophene rings is 1. The summed E-state index contributed by atoms with van der Waals surface area (Å²) in [7, 11) is 0.384. The Labute approximate surface area is 270 Å². The number of anilines is 2. The molecule has 1 N–H and O–H groups in total. The van der Waals surface area contributed by atoms with Gasteiger partial charge in [0.25, 0.3) is 0 Å². The van der Waals surface area contributed by atoms with Gasteiger partial charge in [-0.25, -0.2) is 14.2 Å². The van der Waals surface area contributed by atoms with Crippen molar-refractivity contribution in [2.45, 2.75) is 57.5 Å². The largest absolute Gasteiger partial charge is 0.479 e. The highest BCUT2D eigenvalue weighted by atomic mass is 32.1. The number of halogens is 4. The molecule has 0 unspecified atom stereocenters. The molecule has 4 rings (SSSR count). The van der Waals surface area contributed by atoms with Crippen molar-refractivity contribution in [3.63, 3.8) is 0 Å². The number of methoxy groups -OCH3 is 1. The van der Waals surface area contributed by atoms with Crippen molar-refractivity contribution < 1.29 is 36.4 Å². The van der Waals surface area contributed by atoms with Crippen LogP contribution in [-0.4, -0.2) is 92.1 Å². The first-order valence-electron chi connectivity index (χ1n) is 14.5. The molecule has 0 bridgehead atoms. The summed E-state index contributed by atoms with van der Waals surface area (Å²) in [6, 6.07) is 4.50. The third-order valence-corrected chi connectivity index (χ3v) is 9.62. The number of rotatable bonds is 7. The smallest absolute Gasteiger partial charge is 0.415 e. The number of benzene rings is 1. The fourth-order valence-corrected chi connectivity index (χ4v) is 6.94. The van der Waals surface area contributed by atoms with E-state index in [1.807, 2.05) is 11.9 Å². The molecule has 1 aliphatic rings. The zero-order valence-corrected chi connectivity index (χ0v) is 28.5. The van der Waals surface area contributed by atoms with Gasteiger partial charge in [-0.3, -0.25) is 4.90 Å². The fraction of sp³-hybridized carbons (Fsp3) is 0.516. The number of nitrogens with zero attached hydrogens (tertiary/aromatic N) is 4. The molecule has 3 aromatic rings. The highest BCUT2D eigenvalue weighted by Gasteiger charge is 2.34. The Morgan fingerprint density at radius 3 is 2.59 bits per heavy atom. The van der Waals surface area contributed by atoms with E-state index in [4.69, 9.17) is 9.47 Å². The Bertz CT molecular complexity index is 1690. The summed E-state index contributed by atoms with van der Waals surface area (Å²) in [5, 5.41) is 3.60. The molecule has 46 heavy (non-hydrogen) atoms. The number of hydrogen-bond donors (Lipinski definition) is 1. The average molecular weight is 684 g/mol. The minimum absolute atomic E-state index is 0.0117. The van der Waals surface area contributed by atoms with E-state index in [0.29, 0.717) is 28.7 Å². The Morgan fingerprint density at radius 1 is 1.26 bits per heavy atom. The first-order chi connectivity index (χ1) is 21.4. The van der Waals surface area contributed by atoms with E-state index in [1.165, 1.54) is 31.5 Å². The second-order valence-corrected chi connectivity index (χ2v) is 16.6. The van der Waals surface area contributed by atoms with Crippen molar-refractivity contribution in [1.82, 2.24) is 14.9 Å². The third-order valence-electron chi connectivity index (χ3n) is 7.24. The van der Waals surface area contributed by atoms with Gasteiger partial charge in [-0.15, -0.1) is 11.3 Å². The lowest BCUT2D eigenvalue weighted by molar-refractivity contribution is -0.126. The fourth-order valence-electron chi connectivity index (χ4n) is 5.11. The van der Waals surface area contributed by atoms with Gasteiger partial charge in [-0.2, -0.15) is 18.2 Å². The first kappa shape index (κ1) is 35.5. The monoisotopic (exact) mass is 683 g/mol. The van der Waals surface area contributed by atoms with Gasteiger partial charge in [0.1, 0.15) is 19.0 Å². The minimum Gasteiger partial charge on any atom is -0.479 e. The molecule has 0 aliphatic carbocycles. The number of fused-ring (bicyclic) bond motifs is 1. The van der Waals surface area contributed by atoms with E-state index in [9.17, 15) is 26.9 Å². The summed E-state index contributed by atoms with van der Waals surface area (Å²) in [6.45, 7) is 8.82. The number of carbonyl (C=O) groups is 1. The molecule has 0 saturated carbocycles. The minimum atomic E-state index is -4.49. The number of nitrogens with one attached hydrogen (secondary N) is 1. The summed E-state index contributed by atoms with van der Waals surface area (Å²) >= 11 is 1.08. The van der Waals surface area contributed by atoms with Crippen LogP contribution in [-0.2, 0) is 15.7 Å². The van der Waals surface area contributed by atoms with Crippen LogP contribution in [0.25, 0.3) is 10.1 Å². The van der Waals surface area contributed by atoms with Gasteiger partial charge in [-0.05, 0) is 64.6 Å². The Hall–Kier alpha value is -3.40.